The first-order valence-electron chi connectivity index (χ1n) is 8.28. The third kappa shape index (κ3) is 3.05. The molecule has 5 heteroatoms. The molecule has 5 nitrogen and oxygen atoms in total. The molecule has 0 unspecified atom stereocenters. The summed E-state index contributed by atoms with van der Waals surface area (Å²) in [6.07, 6.45) is 5.33. The standard InChI is InChI=1S/C18H23NO4/c1-23-14-9-7-12(8-10-14)17-15(18(21)22)11-16(20)19(17)13-5-3-2-4-6-13/h7-10,13,15,17H,2-6,11H2,1H3,(H,21,22)/p-1/t15-,17+/m1/s1. The third-order valence-corrected chi connectivity index (χ3v) is 5.09. The van der Waals surface area contributed by atoms with Crippen LogP contribution in [0.4, 0.5) is 0 Å². The summed E-state index contributed by atoms with van der Waals surface area (Å²) >= 11 is 0. The van der Waals surface area contributed by atoms with Crippen LogP contribution >= 0.6 is 0 Å². The van der Waals surface area contributed by atoms with Crippen LogP contribution in [0.1, 0.15) is 50.1 Å². The number of hydrogen-bond donors (Lipinski definition) is 0. The number of ether oxygens (including phenoxy) is 1. The Labute approximate surface area is 136 Å². The van der Waals surface area contributed by atoms with Gasteiger partial charge in [0.1, 0.15) is 5.75 Å². The van der Waals surface area contributed by atoms with Crippen molar-refractivity contribution >= 4 is 11.9 Å². The number of hydrogen-bond acceptors (Lipinski definition) is 4. The first kappa shape index (κ1) is 15.8. The Morgan fingerprint density at radius 2 is 1.83 bits per heavy atom. The Morgan fingerprint density at radius 3 is 2.39 bits per heavy atom. The van der Waals surface area contributed by atoms with Crippen molar-refractivity contribution in [3.05, 3.63) is 29.8 Å². The summed E-state index contributed by atoms with van der Waals surface area (Å²) in [7, 11) is 1.59. The summed E-state index contributed by atoms with van der Waals surface area (Å²) < 4.78 is 5.16. The van der Waals surface area contributed by atoms with E-state index in [0.29, 0.717) is 5.75 Å². The zero-order valence-corrected chi connectivity index (χ0v) is 13.4. The van der Waals surface area contributed by atoms with Crippen LogP contribution in [0.5, 0.6) is 5.75 Å². The highest BCUT2D eigenvalue weighted by Crippen LogP contribution is 2.42. The van der Waals surface area contributed by atoms with Crippen LogP contribution in [0.2, 0.25) is 0 Å². The SMILES string of the molecule is COc1ccc([C@H]2[C@H](C(=O)[O-])CC(=O)N2C2CCCCC2)cc1. The van der Waals surface area contributed by atoms with Crippen LogP contribution in [0, 0.1) is 5.92 Å². The van der Waals surface area contributed by atoms with Crippen LogP contribution in [-0.4, -0.2) is 29.9 Å². The molecule has 124 valence electrons. The van der Waals surface area contributed by atoms with Gasteiger partial charge in [0, 0.05) is 24.3 Å². The maximum Gasteiger partial charge on any atom is 0.224 e. The minimum atomic E-state index is -1.14. The molecular weight excluding hydrogens is 294 g/mol. The van der Waals surface area contributed by atoms with E-state index in [1.807, 2.05) is 29.2 Å². The average Bonchev–Trinajstić information content (AvgIpc) is 2.93. The van der Waals surface area contributed by atoms with Crippen molar-refractivity contribution in [3.8, 4) is 5.75 Å². The normalized spacial score (nSPS) is 25.6. The van der Waals surface area contributed by atoms with Gasteiger partial charge in [-0.15, -0.1) is 0 Å². The van der Waals surface area contributed by atoms with Crippen molar-refractivity contribution in [1.29, 1.82) is 0 Å². The van der Waals surface area contributed by atoms with Crippen LogP contribution in [-0.2, 0) is 9.59 Å². The number of carbonyl (C=O) groups excluding carboxylic acids is 2. The van der Waals surface area contributed by atoms with Crippen LogP contribution in [0.3, 0.4) is 0 Å². The summed E-state index contributed by atoms with van der Waals surface area (Å²) in [6, 6.07) is 7.05. The molecular formula is C18H22NO4-. The number of aliphatic carboxylic acids is 1. The second kappa shape index (κ2) is 6.60. The molecule has 23 heavy (non-hydrogen) atoms. The lowest BCUT2D eigenvalue weighted by atomic mass is 9.90. The molecule has 0 bridgehead atoms. The number of benzene rings is 1. The van der Waals surface area contributed by atoms with E-state index < -0.39 is 17.9 Å². The highest BCUT2D eigenvalue weighted by Gasteiger charge is 2.44. The fourth-order valence-corrected chi connectivity index (χ4v) is 3.95. The van der Waals surface area contributed by atoms with Crippen molar-refractivity contribution in [2.75, 3.05) is 7.11 Å². The highest BCUT2D eigenvalue weighted by molar-refractivity contribution is 5.87. The lowest BCUT2D eigenvalue weighted by Crippen LogP contribution is -2.42. The molecule has 1 saturated carbocycles. The van der Waals surface area contributed by atoms with E-state index in [0.717, 1.165) is 31.2 Å². The second-order valence-electron chi connectivity index (χ2n) is 6.44. The Bertz CT molecular complexity index is 577. The maximum atomic E-state index is 12.5. The van der Waals surface area contributed by atoms with Crippen LogP contribution < -0.4 is 9.84 Å². The van der Waals surface area contributed by atoms with Crippen molar-refractivity contribution in [3.63, 3.8) is 0 Å². The van der Waals surface area contributed by atoms with Gasteiger partial charge >= 0.3 is 0 Å². The smallest absolute Gasteiger partial charge is 0.224 e. The summed E-state index contributed by atoms with van der Waals surface area (Å²) in [6.45, 7) is 0. The van der Waals surface area contributed by atoms with Crippen LogP contribution in [0.25, 0.3) is 0 Å². The molecule has 3 rings (SSSR count). The minimum Gasteiger partial charge on any atom is -0.550 e. The Balaban J connectivity index is 1.94. The Kier molecular flexibility index (Phi) is 4.55. The molecule has 0 radical (unpaired) electrons. The van der Waals surface area contributed by atoms with E-state index in [4.69, 9.17) is 4.74 Å². The highest BCUT2D eigenvalue weighted by atomic mass is 16.5. The molecule has 2 aliphatic rings. The first-order valence-corrected chi connectivity index (χ1v) is 8.28. The molecule has 1 aromatic carbocycles. The van der Waals surface area contributed by atoms with Gasteiger partial charge in [0.15, 0.2) is 0 Å². The van der Waals surface area contributed by atoms with E-state index in [1.165, 1.54) is 6.42 Å². The molecule has 2 atom stereocenters. The van der Waals surface area contributed by atoms with Gasteiger partial charge in [0.25, 0.3) is 0 Å². The van der Waals surface area contributed by atoms with Crippen molar-refractivity contribution in [2.24, 2.45) is 5.92 Å². The zero-order chi connectivity index (χ0) is 16.4. The van der Waals surface area contributed by atoms with Crippen molar-refractivity contribution in [1.82, 2.24) is 4.90 Å². The first-order chi connectivity index (χ1) is 11.1. The van der Waals surface area contributed by atoms with E-state index in [2.05, 4.69) is 0 Å². The van der Waals surface area contributed by atoms with Crippen LogP contribution in [0.15, 0.2) is 24.3 Å². The minimum absolute atomic E-state index is 0.0372. The van der Waals surface area contributed by atoms with Gasteiger partial charge in [-0.2, -0.15) is 0 Å². The fourth-order valence-electron chi connectivity index (χ4n) is 3.95. The zero-order valence-electron chi connectivity index (χ0n) is 13.4. The molecule has 1 aliphatic heterocycles. The van der Waals surface area contributed by atoms with Gasteiger partial charge in [-0.3, -0.25) is 4.79 Å². The van der Waals surface area contributed by atoms with Gasteiger partial charge in [-0.25, -0.2) is 0 Å². The summed E-state index contributed by atoms with van der Waals surface area (Å²) in [5.41, 5.74) is 0.844. The predicted octanol–water partition coefficient (Wildman–Crippen LogP) is 1.67. The number of amides is 1. The van der Waals surface area contributed by atoms with Gasteiger partial charge in [-0.05, 0) is 30.5 Å². The van der Waals surface area contributed by atoms with Crippen molar-refractivity contribution < 1.29 is 19.4 Å². The Morgan fingerprint density at radius 1 is 1.17 bits per heavy atom. The lowest BCUT2D eigenvalue weighted by Gasteiger charge is -2.37. The molecule has 1 aliphatic carbocycles. The monoisotopic (exact) mass is 316 g/mol. The maximum absolute atomic E-state index is 12.5. The number of carbonyl (C=O) groups is 2. The largest absolute Gasteiger partial charge is 0.550 e. The molecule has 1 aromatic rings. The molecule has 0 spiro atoms. The lowest BCUT2D eigenvalue weighted by molar-refractivity contribution is -0.312. The van der Waals surface area contributed by atoms with Gasteiger partial charge < -0.3 is 19.5 Å². The van der Waals surface area contributed by atoms with Gasteiger partial charge in [0.05, 0.1) is 13.2 Å². The quantitative estimate of drug-likeness (QED) is 0.847. The number of carboxylic acid groups (broad SMARTS) is 1. The van der Waals surface area contributed by atoms with E-state index in [1.54, 1.807) is 7.11 Å². The number of nitrogens with zero attached hydrogens (tertiary/aromatic N) is 1. The number of likely N-dealkylation sites (tertiary alicyclic amines) is 1. The Hall–Kier alpha value is -2.04. The molecule has 0 N–H and O–H groups in total. The van der Waals surface area contributed by atoms with Gasteiger partial charge in [0.2, 0.25) is 5.91 Å². The second-order valence-corrected chi connectivity index (χ2v) is 6.44. The molecule has 1 amide bonds. The number of rotatable bonds is 4. The summed E-state index contributed by atoms with van der Waals surface area (Å²) in [5, 5.41) is 11.6. The molecule has 1 saturated heterocycles. The fraction of sp³-hybridized carbons (Fsp3) is 0.556. The average molecular weight is 316 g/mol. The van der Waals surface area contributed by atoms with E-state index >= 15 is 0 Å². The summed E-state index contributed by atoms with van der Waals surface area (Å²) in [5.74, 6) is -1.27. The number of carboxylic acids is 1. The molecule has 1 heterocycles. The summed E-state index contributed by atoms with van der Waals surface area (Å²) in [4.78, 5) is 25.9. The van der Waals surface area contributed by atoms with Gasteiger partial charge in [-0.1, -0.05) is 31.4 Å². The van der Waals surface area contributed by atoms with Crippen molar-refractivity contribution in [2.45, 2.75) is 50.6 Å². The molecule has 0 aromatic heterocycles. The molecule has 2 fully saturated rings. The van der Waals surface area contributed by atoms with E-state index in [-0.39, 0.29) is 18.4 Å². The number of methoxy groups -OCH3 is 1. The third-order valence-electron chi connectivity index (χ3n) is 5.09. The topological polar surface area (TPSA) is 69.7 Å². The van der Waals surface area contributed by atoms with E-state index in [9.17, 15) is 14.7 Å². The predicted molar refractivity (Wildman–Crippen MR) is 82.6 cm³/mol.